The second-order valence-electron chi connectivity index (χ2n) is 11.1. The van der Waals surface area contributed by atoms with Gasteiger partial charge in [0.05, 0.1) is 13.2 Å². The highest BCUT2D eigenvalue weighted by Crippen LogP contribution is 2.40. The first-order chi connectivity index (χ1) is 21.7. The Morgan fingerprint density at radius 2 is 1.16 bits per heavy atom. The molecule has 0 spiro atoms. The Hall–Kier alpha value is -4.26. The van der Waals surface area contributed by atoms with E-state index < -0.39 is 0 Å². The highest BCUT2D eigenvalue weighted by molar-refractivity contribution is 5.55. The van der Waals surface area contributed by atoms with E-state index in [9.17, 15) is 0 Å². The van der Waals surface area contributed by atoms with Crippen LogP contribution in [0, 0.1) is 11.8 Å². The van der Waals surface area contributed by atoms with Gasteiger partial charge in [0.2, 0.25) is 0 Å². The van der Waals surface area contributed by atoms with Crippen LogP contribution in [-0.4, -0.2) is 40.4 Å². The van der Waals surface area contributed by atoms with Crippen LogP contribution in [0.25, 0.3) is 6.08 Å². The van der Waals surface area contributed by atoms with Gasteiger partial charge in [-0.3, -0.25) is 0 Å². The van der Waals surface area contributed by atoms with E-state index in [1.54, 1.807) is 0 Å². The van der Waals surface area contributed by atoms with Gasteiger partial charge >= 0.3 is 0 Å². The number of hydrogen-bond donors (Lipinski definition) is 2. The van der Waals surface area contributed by atoms with Gasteiger partial charge < -0.3 is 29.6 Å². The summed E-state index contributed by atoms with van der Waals surface area (Å²) in [4.78, 5) is 0. The summed E-state index contributed by atoms with van der Waals surface area (Å²) in [5, 5.41) is 6.49. The molecule has 230 valence electrons. The second kappa shape index (κ2) is 15.5. The lowest BCUT2D eigenvalue weighted by Crippen LogP contribution is -2.36. The molecule has 2 aliphatic rings. The van der Waals surface area contributed by atoms with Gasteiger partial charge in [-0.05, 0) is 50.3 Å². The van der Waals surface area contributed by atoms with Crippen molar-refractivity contribution in [2.45, 2.75) is 25.6 Å². The number of fused-ring (bicyclic) bond motifs is 2. The molecule has 2 heterocycles. The van der Waals surface area contributed by atoms with Gasteiger partial charge in [-0.1, -0.05) is 92.4 Å². The first-order valence-electron chi connectivity index (χ1n) is 15.5. The van der Waals surface area contributed by atoms with E-state index in [1.165, 1.54) is 5.56 Å². The fourth-order valence-corrected chi connectivity index (χ4v) is 5.89. The van der Waals surface area contributed by atoms with Gasteiger partial charge in [-0.25, -0.2) is 0 Å². The molecule has 0 saturated heterocycles. The third-order valence-electron chi connectivity index (χ3n) is 8.15. The van der Waals surface area contributed by atoms with Crippen molar-refractivity contribution in [3.05, 3.63) is 126 Å². The SMILES string of the molecule is C=Cc1ccccc1O[C@@H]1c2ccccc2OC[C@@H]1CNC.CCc1ccccc1O[C@@H]1c2ccccc2OC[C@@H]1CNC. The van der Waals surface area contributed by atoms with Crippen molar-refractivity contribution >= 4 is 6.08 Å². The Kier molecular flexibility index (Phi) is 11.0. The molecule has 0 bridgehead atoms. The zero-order valence-electron chi connectivity index (χ0n) is 26.0. The summed E-state index contributed by atoms with van der Waals surface area (Å²) >= 11 is 0. The van der Waals surface area contributed by atoms with E-state index >= 15 is 0 Å². The summed E-state index contributed by atoms with van der Waals surface area (Å²) in [6.45, 7) is 9.07. The molecule has 0 aromatic heterocycles. The minimum absolute atomic E-state index is 0.0186. The Labute approximate surface area is 262 Å². The van der Waals surface area contributed by atoms with Crippen LogP contribution in [0.2, 0.25) is 0 Å². The number of ether oxygens (including phenoxy) is 4. The smallest absolute Gasteiger partial charge is 0.135 e. The molecule has 0 fully saturated rings. The molecule has 6 nitrogen and oxygen atoms in total. The lowest BCUT2D eigenvalue weighted by molar-refractivity contribution is 0.0697. The molecule has 0 saturated carbocycles. The molecule has 0 amide bonds. The number of aryl methyl sites for hydroxylation is 1. The largest absolute Gasteiger partial charge is 0.493 e. The molecule has 2 N–H and O–H groups in total. The molecular formula is C38H44N2O4. The normalized spacial score (nSPS) is 20.0. The summed E-state index contributed by atoms with van der Waals surface area (Å²) in [6, 6.07) is 32.6. The van der Waals surface area contributed by atoms with Crippen LogP contribution < -0.4 is 29.6 Å². The molecule has 4 atom stereocenters. The summed E-state index contributed by atoms with van der Waals surface area (Å²) in [5.41, 5.74) is 4.50. The van der Waals surface area contributed by atoms with Gasteiger partial charge in [-0.15, -0.1) is 0 Å². The molecule has 6 heteroatoms. The highest BCUT2D eigenvalue weighted by Gasteiger charge is 2.33. The summed E-state index contributed by atoms with van der Waals surface area (Å²) in [6.07, 6.45) is 2.79. The van der Waals surface area contributed by atoms with Crippen molar-refractivity contribution in [1.29, 1.82) is 0 Å². The first kappa shape index (κ1) is 31.2. The van der Waals surface area contributed by atoms with Crippen LogP contribution in [0.5, 0.6) is 23.0 Å². The topological polar surface area (TPSA) is 61.0 Å². The van der Waals surface area contributed by atoms with Crippen LogP contribution in [-0.2, 0) is 6.42 Å². The molecule has 4 aromatic carbocycles. The number of benzene rings is 4. The molecule has 0 unspecified atom stereocenters. The standard InChI is InChI=1S/C19H23NO2.C19H21NO2/c2*1-3-14-8-4-6-10-17(14)22-19-15(12-20-2)13-21-18-11-7-5-9-16(18)19/h4-11,15,19-20H,3,12-13H2,1-2H3;3-11,15,19-20H,1,12-13H2,2H3/t2*15-,19-/m00/s1. The van der Waals surface area contributed by atoms with E-state index in [1.807, 2.05) is 86.9 Å². The molecule has 6 rings (SSSR count). The van der Waals surface area contributed by atoms with Crippen LogP contribution in [0.3, 0.4) is 0 Å². The predicted molar refractivity (Wildman–Crippen MR) is 178 cm³/mol. The van der Waals surface area contributed by atoms with E-state index in [-0.39, 0.29) is 18.1 Å². The number of para-hydroxylation sites is 4. The van der Waals surface area contributed by atoms with Gasteiger partial charge in [0.25, 0.3) is 0 Å². The van der Waals surface area contributed by atoms with E-state index in [0.29, 0.717) is 19.1 Å². The third kappa shape index (κ3) is 7.26. The van der Waals surface area contributed by atoms with Crippen LogP contribution >= 0.6 is 0 Å². The molecule has 2 aliphatic heterocycles. The molecule has 44 heavy (non-hydrogen) atoms. The highest BCUT2D eigenvalue weighted by atomic mass is 16.5. The Morgan fingerprint density at radius 3 is 1.70 bits per heavy atom. The van der Waals surface area contributed by atoms with Gasteiger partial charge in [-0.2, -0.15) is 0 Å². The average Bonchev–Trinajstić information content (AvgIpc) is 3.07. The number of nitrogens with one attached hydrogen (secondary N) is 2. The lowest BCUT2D eigenvalue weighted by Gasteiger charge is -2.34. The zero-order chi connectivity index (χ0) is 30.7. The van der Waals surface area contributed by atoms with Crippen LogP contribution in [0.4, 0.5) is 0 Å². The summed E-state index contributed by atoms with van der Waals surface area (Å²) in [7, 11) is 3.92. The Balaban J connectivity index is 0.000000175. The van der Waals surface area contributed by atoms with Gasteiger partial charge in [0, 0.05) is 41.6 Å². The zero-order valence-corrected chi connectivity index (χ0v) is 26.0. The summed E-state index contributed by atoms with van der Waals surface area (Å²) < 4.78 is 24.6. The van der Waals surface area contributed by atoms with E-state index in [2.05, 4.69) is 54.5 Å². The van der Waals surface area contributed by atoms with Crippen molar-refractivity contribution in [3.63, 3.8) is 0 Å². The van der Waals surface area contributed by atoms with Crippen molar-refractivity contribution in [3.8, 4) is 23.0 Å². The van der Waals surface area contributed by atoms with E-state index in [0.717, 1.165) is 59.2 Å². The number of hydrogen-bond acceptors (Lipinski definition) is 6. The second-order valence-corrected chi connectivity index (χ2v) is 11.1. The van der Waals surface area contributed by atoms with Gasteiger partial charge in [0.15, 0.2) is 0 Å². The van der Waals surface area contributed by atoms with Crippen LogP contribution in [0.15, 0.2) is 104 Å². The molecule has 0 aliphatic carbocycles. The van der Waals surface area contributed by atoms with Crippen molar-refractivity contribution in [1.82, 2.24) is 10.6 Å². The first-order valence-corrected chi connectivity index (χ1v) is 15.5. The fourth-order valence-electron chi connectivity index (χ4n) is 5.89. The summed E-state index contributed by atoms with van der Waals surface area (Å²) in [5.74, 6) is 4.25. The quantitative estimate of drug-likeness (QED) is 0.202. The average molecular weight is 593 g/mol. The molecular weight excluding hydrogens is 548 g/mol. The molecule has 4 aromatic rings. The lowest BCUT2D eigenvalue weighted by atomic mass is 9.92. The van der Waals surface area contributed by atoms with Crippen LogP contribution in [0.1, 0.15) is 41.4 Å². The third-order valence-corrected chi connectivity index (χ3v) is 8.15. The minimum atomic E-state index is -0.0292. The Morgan fingerprint density at radius 1 is 0.682 bits per heavy atom. The van der Waals surface area contributed by atoms with Crippen molar-refractivity contribution < 1.29 is 18.9 Å². The predicted octanol–water partition coefficient (Wildman–Crippen LogP) is 7.27. The number of rotatable bonds is 10. The monoisotopic (exact) mass is 592 g/mol. The Bertz CT molecular complexity index is 1510. The maximum Gasteiger partial charge on any atom is 0.135 e. The van der Waals surface area contributed by atoms with Crippen molar-refractivity contribution in [2.75, 3.05) is 40.4 Å². The minimum Gasteiger partial charge on any atom is -0.493 e. The fraction of sp³-hybridized carbons (Fsp3) is 0.316. The maximum atomic E-state index is 6.45. The van der Waals surface area contributed by atoms with Crippen molar-refractivity contribution in [2.24, 2.45) is 11.8 Å². The van der Waals surface area contributed by atoms with Gasteiger partial charge in [0.1, 0.15) is 35.2 Å². The van der Waals surface area contributed by atoms with E-state index in [4.69, 9.17) is 18.9 Å². The maximum absolute atomic E-state index is 6.45. The molecule has 0 radical (unpaired) electrons.